The molecule has 0 spiro atoms. The number of anilines is 1. The molecular weight excluding hydrogens is 344 g/mol. The highest BCUT2D eigenvalue weighted by molar-refractivity contribution is 7.89. The van der Waals surface area contributed by atoms with Crippen LogP contribution < -0.4 is 5.43 Å². The number of hydrogen-bond donors (Lipinski definition) is 1. The lowest BCUT2D eigenvalue weighted by atomic mass is 10.2. The fourth-order valence-electron chi connectivity index (χ4n) is 2.53. The van der Waals surface area contributed by atoms with E-state index in [9.17, 15) is 8.42 Å². The first-order valence-corrected chi connectivity index (χ1v) is 10.2. The third-order valence-electron chi connectivity index (χ3n) is 3.95. The van der Waals surface area contributed by atoms with Crippen LogP contribution in [0.25, 0.3) is 0 Å². The number of nitrogens with one attached hydrogen (secondary N) is 1. The Labute approximate surface area is 146 Å². The molecule has 0 saturated carbocycles. The van der Waals surface area contributed by atoms with Crippen LogP contribution in [-0.4, -0.2) is 37.0 Å². The first-order valence-electron chi connectivity index (χ1n) is 7.87. The molecule has 6 nitrogen and oxygen atoms in total. The molecule has 2 aromatic heterocycles. The highest BCUT2D eigenvalue weighted by Crippen LogP contribution is 2.20. The maximum absolute atomic E-state index is 12.5. The summed E-state index contributed by atoms with van der Waals surface area (Å²) in [6, 6.07) is 5.24. The number of aryl methyl sites for hydroxylation is 1. The summed E-state index contributed by atoms with van der Waals surface area (Å²) >= 11 is 1.61. The molecule has 0 unspecified atom stereocenters. The molecule has 1 saturated heterocycles. The summed E-state index contributed by atoms with van der Waals surface area (Å²) < 4.78 is 26.6. The van der Waals surface area contributed by atoms with E-state index < -0.39 is 10.0 Å². The predicted octanol–water partition coefficient (Wildman–Crippen LogP) is 3.07. The molecular formula is C16H20N4O2S2. The number of thiophene rings is 1. The van der Waals surface area contributed by atoms with E-state index in [0.717, 1.165) is 24.1 Å². The molecule has 0 amide bonds. The van der Waals surface area contributed by atoms with Gasteiger partial charge in [0.05, 0.1) is 6.21 Å². The van der Waals surface area contributed by atoms with Crippen LogP contribution in [0, 0.1) is 6.92 Å². The quantitative estimate of drug-likeness (QED) is 0.653. The molecule has 0 radical (unpaired) electrons. The first-order chi connectivity index (χ1) is 11.6. The van der Waals surface area contributed by atoms with Crippen molar-refractivity contribution in [3.8, 4) is 0 Å². The third kappa shape index (κ3) is 3.82. The number of piperidine rings is 1. The second-order valence-electron chi connectivity index (χ2n) is 5.68. The second kappa shape index (κ2) is 7.42. The number of aromatic nitrogens is 1. The van der Waals surface area contributed by atoms with Crippen molar-refractivity contribution < 1.29 is 8.42 Å². The Kier molecular flexibility index (Phi) is 5.27. The fraction of sp³-hybridized carbons (Fsp3) is 0.375. The van der Waals surface area contributed by atoms with Gasteiger partial charge in [-0.2, -0.15) is 9.41 Å². The molecule has 1 aliphatic heterocycles. The molecule has 0 atom stereocenters. The lowest BCUT2D eigenvalue weighted by molar-refractivity contribution is 0.346. The Bertz CT molecular complexity index is 807. The van der Waals surface area contributed by atoms with Crippen molar-refractivity contribution in [2.24, 2.45) is 5.10 Å². The first kappa shape index (κ1) is 17.1. The van der Waals surface area contributed by atoms with Crippen LogP contribution in [0.2, 0.25) is 0 Å². The maximum Gasteiger partial charge on any atom is 0.244 e. The summed E-state index contributed by atoms with van der Waals surface area (Å²) in [5, 5.41) is 6.15. The van der Waals surface area contributed by atoms with Crippen LogP contribution in [-0.2, 0) is 10.0 Å². The van der Waals surface area contributed by atoms with Gasteiger partial charge in [-0.15, -0.1) is 11.3 Å². The van der Waals surface area contributed by atoms with Gasteiger partial charge in [0.25, 0.3) is 0 Å². The van der Waals surface area contributed by atoms with Gasteiger partial charge >= 0.3 is 0 Å². The van der Waals surface area contributed by atoms with E-state index in [1.165, 1.54) is 11.8 Å². The molecule has 0 aliphatic carbocycles. The Balaban J connectivity index is 1.67. The SMILES string of the molecule is Cc1ccsc1/C=N/Nc1ccc(S(=O)(=O)N2CCCCC2)cn1. The van der Waals surface area contributed by atoms with Crippen molar-refractivity contribution in [3.05, 3.63) is 40.2 Å². The molecule has 1 N–H and O–H groups in total. The predicted molar refractivity (Wildman–Crippen MR) is 97.1 cm³/mol. The molecule has 3 heterocycles. The second-order valence-corrected chi connectivity index (χ2v) is 8.57. The largest absolute Gasteiger partial charge is 0.261 e. The summed E-state index contributed by atoms with van der Waals surface area (Å²) in [7, 11) is -3.43. The Morgan fingerprint density at radius 2 is 2.04 bits per heavy atom. The van der Waals surface area contributed by atoms with Gasteiger partial charge in [0.15, 0.2) is 0 Å². The van der Waals surface area contributed by atoms with Crippen molar-refractivity contribution in [1.29, 1.82) is 0 Å². The van der Waals surface area contributed by atoms with Crippen molar-refractivity contribution in [2.75, 3.05) is 18.5 Å². The molecule has 1 aliphatic rings. The van der Waals surface area contributed by atoms with Crippen molar-refractivity contribution in [1.82, 2.24) is 9.29 Å². The van der Waals surface area contributed by atoms with Crippen LogP contribution in [0.15, 0.2) is 39.8 Å². The molecule has 0 aromatic carbocycles. The molecule has 128 valence electrons. The molecule has 0 bridgehead atoms. The zero-order chi connectivity index (χ0) is 17.0. The number of hydrogen-bond acceptors (Lipinski definition) is 6. The van der Waals surface area contributed by atoms with E-state index in [0.29, 0.717) is 18.9 Å². The van der Waals surface area contributed by atoms with E-state index in [-0.39, 0.29) is 4.90 Å². The van der Waals surface area contributed by atoms with Crippen molar-refractivity contribution >= 4 is 33.4 Å². The summed E-state index contributed by atoms with van der Waals surface area (Å²) in [5.41, 5.74) is 3.99. The summed E-state index contributed by atoms with van der Waals surface area (Å²) in [6.07, 6.45) is 6.05. The number of pyridine rings is 1. The van der Waals surface area contributed by atoms with Gasteiger partial charge in [0.1, 0.15) is 10.7 Å². The van der Waals surface area contributed by atoms with Gasteiger partial charge in [-0.3, -0.25) is 5.43 Å². The number of rotatable bonds is 5. The van der Waals surface area contributed by atoms with E-state index in [4.69, 9.17) is 0 Å². The highest BCUT2D eigenvalue weighted by Gasteiger charge is 2.25. The minimum absolute atomic E-state index is 0.230. The minimum atomic E-state index is -3.43. The normalized spacial score (nSPS) is 16.5. The van der Waals surface area contributed by atoms with Crippen LogP contribution >= 0.6 is 11.3 Å². The van der Waals surface area contributed by atoms with Crippen LogP contribution in [0.4, 0.5) is 5.82 Å². The van der Waals surface area contributed by atoms with Crippen LogP contribution in [0.1, 0.15) is 29.7 Å². The molecule has 8 heteroatoms. The third-order valence-corrected chi connectivity index (χ3v) is 6.79. The van der Waals surface area contributed by atoms with Crippen LogP contribution in [0.5, 0.6) is 0 Å². The zero-order valence-electron chi connectivity index (χ0n) is 13.5. The molecule has 3 rings (SSSR count). The van der Waals surface area contributed by atoms with Gasteiger partial charge in [0, 0.05) is 24.2 Å². The van der Waals surface area contributed by atoms with Crippen LogP contribution in [0.3, 0.4) is 0 Å². The van der Waals surface area contributed by atoms with Crippen molar-refractivity contribution in [2.45, 2.75) is 31.1 Å². The van der Waals surface area contributed by atoms with Gasteiger partial charge in [-0.05, 0) is 48.9 Å². The van der Waals surface area contributed by atoms with Gasteiger partial charge in [-0.25, -0.2) is 13.4 Å². The standard InChI is InChI=1S/C16H20N4O2S2/c1-13-7-10-23-15(13)12-18-19-16-6-5-14(11-17-16)24(21,22)20-8-3-2-4-9-20/h5-7,10-12H,2-4,8-9H2,1H3,(H,17,19)/b18-12+. The van der Waals surface area contributed by atoms with E-state index in [2.05, 4.69) is 15.5 Å². The zero-order valence-corrected chi connectivity index (χ0v) is 15.1. The minimum Gasteiger partial charge on any atom is -0.261 e. The molecule has 2 aromatic rings. The monoisotopic (exact) mass is 364 g/mol. The number of hydrazone groups is 1. The lowest BCUT2D eigenvalue weighted by Gasteiger charge is -2.25. The lowest BCUT2D eigenvalue weighted by Crippen LogP contribution is -2.35. The number of sulfonamides is 1. The van der Waals surface area contributed by atoms with E-state index in [1.54, 1.807) is 34.0 Å². The van der Waals surface area contributed by atoms with Gasteiger partial charge in [0.2, 0.25) is 10.0 Å². The summed E-state index contributed by atoms with van der Waals surface area (Å²) in [4.78, 5) is 5.46. The average molecular weight is 364 g/mol. The maximum atomic E-state index is 12.5. The van der Waals surface area contributed by atoms with E-state index in [1.807, 2.05) is 18.4 Å². The summed E-state index contributed by atoms with van der Waals surface area (Å²) in [5.74, 6) is 0.512. The summed E-state index contributed by atoms with van der Waals surface area (Å²) in [6.45, 7) is 3.20. The Morgan fingerprint density at radius 1 is 1.25 bits per heavy atom. The van der Waals surface area contributed by atoms with Gasteiger partial charge in [-0.1, -0.05) is 6.42 Å². The van der Waals surface area contributed by atoms with Crippen molar-refractivity contribution in [3.63, 3.8) is 0 Å². The Morgan fingerprint density at radius 3 is 2.67 bits per heavy atom. The highest BCUT2D eigenvalue weighted by atomic mass is 32.2. The van der Waals surface area contributed by atoms with E-state index >= 15 is 0 Å². The molecule has 1 fully saturated rings. The van der Waals surface area contributed by atoms with Gasteiger partial charge < -0.3 is 0 Å². The average Bonchev–Trinajstić information content (AvgIpc) is 3.01. The fourth-order valence-corrected chi connectivity index (χ4v) is 4.78. The molecule has 24 heavy (non-hydrogen) atoms. The number of nitrogens with zero attached hydrogens (tertiary/aromatic N) is 3. The topological polar surface area (TPSA) is 74.7 Å². The smallest absolute Gasteiger partial charge is 0.244 e. The Hall–Kier alpha value is -1.77.